The van der Waals surface area contributed by atoms with E-state index in [-0.39, 0.29) is 31.4 Å². The van der Waals surface area contributed by atoms with Crippen LogP contribution in [0.4, 0.5) is 4.79 Å². The minimum Gasteiger partial charge on any atom is -0.497 e. The van der Waals surface area contributed by atoms with Crippen LogP contribution in [0.3, 0.4) is 0 Å². The monoisotopic (exact) mass is 792 g/mol. The summed E-state index contributed by atoms with van der Waals surface area (Å²) in [5, 5.41) is 5.75. The highest BCUT2D eigenvalue weighted by Gasteiger charge is 2.63. The molecule has 4 fully saturated rings. The van der Waals surface area contributed by atoms with Crippen LogP contribution < -0.4 is 24.8 Å². The first kappa shape index (κ1) is 38.4. The molecule has 2 aromatic rings. The van der Waals surface area contributed by atoms with Gasteiger partial charge in [0.25, 0.3) is 5.91 Å². The van der Waals surface area contributed by atoms with Gasteiger partial charge < -0.3 is 29.7 Å². The second kappa shape index (κ2) is 15.1. The highest BCUT2D eigenvalue weighted by molar-refractivity contribution is 7.91. The molecule has 56 heavy (non-hydrogen) atoms. The van der Waals surface area contributed by atoms with Gasteiger partial charge in [0.2, 0.25) is 27.7 Å². The van der Waals surface area contributed by atoms with Crippen LogP contribution in [0.5, 0.6) is 11.6 Å². The minimum absolute atomic E-state index is 0.00137. The van der Waals surface area contributed by atoms with Crippen molar-refractivity contribution in [2.75, 3.05) is 13.7 Å². The predicted molar refractivity (Wildman–Crippen MR) is 204 cm³/mol. The zero-order chi connectivity index (χ0) is 39.2. The molecule has 3 saturated carbocycles. The minimum atomic E-state index is -3.99. The van der Waals surface area contributed by atoms with E-state index in [2.05, 4.69) is 15.4 Å². The normalized spacial score (nSPS) is 32.5. The van der Waals surface area contributed by atoms with Gasteiger partial charge in [0, 0.05) is 18.4 Å². The van der Waals surface area contributed by atoms with E-state index in [9.17, 15) is 27.6 Å². The number of carbonyl (C=O) groups excluding carboxylic acids is 4. The summed E-state index contributed by atoms with van der Waals surface area (Å²) in [6.45, 7) is 1.60. The molecule has 3 N–H and O–H groups in total. The van der Waals surface area contributed by atoms with Crippen LogP contribution in [-0.2, 0) is 35.6 Å². The lowest BCUT2D eigenvalue weighted by atomic mass is 10.0. The molecule has 4 heterocycles. The molecule has 0 spiro atoms. The maximum Gasteiger partial charge on any atom is 0.408 e. The van der Waals surface area contributed by atoms with E-state index in [1.807, 2.05) is 24.3 Å². The molecule has 1 aromatic carbocycles. The maximum absolute atomic E-state index is 14.6. The summed E-state index contributed by atoms with van der Waals surface area (Å²) >= 11 is 0. The first-order valence-electron chi connectivity index (χ1n) is 20.2. The van der Waals surface area contributed by atoms with Gasteiger partial charge in [-0.2, -0.15) is 0 Å². The Morgan fingerprint density at radius 3 is 2.61 bits per heavy atom. The number of methoxy groups -OCH3 is 1. The number of aryl methyl sites for hydroxylation is 1. The molecular weight excluding hydrogens is 741 g/mol. The highest BCUT2D eigenvalue weighted by Crippen LogP contribution is 2.47. The van der Waals surface area contributed by atoms with E-state index in [0.29, 0.717) is 66.9 Å². The lowest BCUT2D eigenvalue weighted by molar-refractivity contribution is -0.141. The molecular formula is C40H52N6O9S. The number of hydrogen-bond acceptors (Lipinski definition) is 11. The molecule has 16 heteroatoms. The van der Waals surface area contributed by atoms with Gasteiger partial charge in [-0.05, 0) is 89.2 Å². The smallest absolute Gasteiger partial charge is 0.408 e. The molecule has 6 aliphatic rings. The van der Waals surface area contributed by atoms with E-state index in [1.165, 1.54) is 4.90 Å². The van der Waals surface area contributed by atoms with Crippen molar-refractivity contribution in [2.45, 2.75) is 138 Å². The van der Waals surface area contributed by atoms with E-state index >= 15 is 0 Å². The predicted octanol–water partition coefficient (Wildman–Crippen LogP) is 3.98. The van der Waals surface area contributed by atoms with Crippen LogP contribution in [-0.4, -0.2) is 95.3 Å². The molecule has 0 radical (unpaired) electrons. The summed E-state index contributed by atoms with van der Waals surface area (Å²) < 4.78 is 45.4. The number of aromatic nitrogens is 2. The number of allylic oxidation sites excluding steroid dienone is 1. The van der Waals surface area contributed by atoms with Crippen LogP contribution >= 0.6 is 0 Å². The number of rotatable bonds is 4. The van der Waals surface area contributed by atoms with Crippen molar-refractivity contribution in [3.8, 4) is 11.6 Å². The lowest BCUT2D eigenvalue weighted by Gasteiger charge is -2.30. The number of alkyl carbamates (subject to hydrolysis) is 1. The SMILES string of the molecule is COc1ccc2nc3c(nc2c1)O[C@@H]1C[C@H]2C(=O)N[C@@]4(C(=O)NS(=O)(=O)C5(C)CC5)C[C@@H]4/C=C\CCCCC[C@H](NC(=O)O[C@@H]4C[C@H]4CCCCC3)C(=O)N2C1. The zero-order valence-electron chi connectivity index (χ0n) is 32.1. The van der Waals surface area contributed by atoms with Gasteiger partial charge in [0.15, 0.2) is 0 Å². The topological polar surface area (TPSA) is 195 Å². The van der Waals surface area contributed by atoms with Crippen LogP contribution in [0.15, 0.2) is 30.4 Å². The molecule has 3 aliphatic heterocycles. The van der Waals surface area contributed by atoms with Gasteiger partial charge >= 0.3 is 6.09 Å². The van der Waals surface area contributed by atoms with Gasteiger partial charge in [0.1, 0.15) is 41.3 Å². The Kier molecular flexibility index (Phi) is 10.4. The summed E-state index contributed by atoms with van der Waals surface area (Å²) in [7, 11) is -2.41. The molecule has 4 amide bonds. The maximum atomic E-state index is 14.6. The average molecular weight is 793 g/mol. The van der Waals surface area contributed by atoms with Crippen molar-refractivity contribution in [2.24, 2.45) is 11.8 Å². The van der Waals surface area contributed by atoms with Crippen molar-refractivity contribution in [1.29, 1.82) is 0 Å². The Morgan fingerprint density at radius 2 is 1.80 bits per heavy atom. The van der Waals surface area contributed by atoms with E-state index < -0.39 is 68.2 Å². The molecule has 1 saturated heterocycles. The highest BCUT2D eigenvalue weighted by atomic mass is 32.2. The Bertz CT molecular complexity index is 2040. The first-order chi connectivity index (χ1) is 26.9. The Labute approximate surface area is 327 Å². The number of hydrogen-bond donors (Lipinski definition) is 3. The second-order valence-electron chi connectivity index (χ2n) is 16.8. The molecule has 15 nitrogen and oxygen atoms in total. The zero-order valence-corrected chi connectivity index (χ0v) is 32.9. The van der Waals surface area contributed by atoms with E-state index in [4.69, 9.17) is 24.2 Å². The number of carbonyl (C=O) groups is 4. The molecule has 0 unspecified atom stereocenters. The number of fused-ring (bicyclic) bond motifs is 6. The number of nitrogens with one attached hydrogen (secondary N) is 3. The van der Waals surface area contributed by atoms with Gasteiger partial charge in [-0.1, -0.05) is 37.8 Å². The van der Waals surface area contributed by atoms with Crippen molar-refractivity contribution < 1.29 is 41.8 Å². The quantitative estimate of drug-likeness (QED) is 0.379. The van der Waals surface area contributed by atoms with Crippen LogP contribution in [0.1, 0.15) is 103 Å². The fraction of sp³-hybridized carbons (Fsp3) is 0.650. The van der Waals surface area contributed by atoms with Crippen molar-refractivity contribution in [1.82, 2.24) is 30.2 Å². The lowest BCUT2D eigenvalue weighted by Crippen LogP contribution is -2.58. The summed E-state index contributed by atoms with van der Waals surface area (Å²) in [6, 6.07) is 3.40. The van der Waals surface area contributed by atoms with Crippen molar-refractivity contribution in [3.63, 3.8) is 0 Å². The first-order valence-corrected chi connectivity index (χ1v) is 21.7. The van der Waals surface area contributed by atoms with E-state index in [0.717, 1.165) is 44.9 Å². The molecule has 3 bridgehead atoms. The number of ether oxygens (including phenoxy) is 3. The fourth-order valence-electron chi connectivity index (χ4n) is 8.40. The molecule has 302 valence electrons. The Morgan fingerprint density at radius 1 is 1.00 bits per heavy atom. The van der Waals surface area contributed by atoms with Gasteiger partial charge in [-0.15, -0.1) is 0 Å². The Hall–Kier alpha value is -4.47. The molecule has 1 aromatic heterocycles. The largest absolute Gasteiger partial charge is 0.497 e. The Balaban J connectivity index is 1.13. The summed E-state index contributed by atoms with van der Waals surface area (Å²) in [6.07, 6.45) is 11.8. The van der Waals surface area contributed by atoms with Crippen LogP contribution in [0.25, 0.3) is 11.0 Å². The number of nitrogens with zero attached hydrogens (tertiary/aromatic N) is 3. The molecule has 8 rings (SSSR count). The van der Waals surface area contributed by atoms with Gasteiger partial charge in [0.05, 0.1) is 29.4 Å². The summed E-state index contributed by atoms with van der Waals surface area (Å²) in [5.41, 5.74) is 0.431. The molecule has 3 aliphatic carbocycles. The fourth-order valence-corrected chi connectivity index (χ4v) is 9.71. The van der Waals surface area contributed by atoms with Crippen molar-refractivity contribution >= 4 is 44.9 Å². The molecule has 7 atom stereocenters. The summed E-state index contributed by atoms with van der Waals surface area (Å²) in [5.74, 6) is -1.08. The number of amides is 4. The number of sulfonamides is 1. The van der Waals surface area contributed by atoms with Crippen molar-refractivity contribution in [3.05, 3.63) is 36.0 Å². The third kappa shape index (κ3) is 7.90. The summed E-state index contributed by atoms with van der Waals surface area (Å²) in [4.78, 5) is 67.5. The van der Waals surface area contributed by atoms with E-state index in [1.54, 1.807) is 20.1 Å². The van der Waals surface area contributed by atoms with Crippen LogP contribution in [0.2, 0.25) is 0 Å². The second-order valence-corrected chi connectivity index (χ2v) is 19.0. The van der Waals surface area contributed by atoms with Crippen LogP contribution in [0, 0.1) is 11.8 Å². The average Bonchev–Trinajstić information content (AvgIpc) is 4.13. The number of benzene rings is 1. The third-order valence-electron chi connectivity index (χ3n) is 12.6. The van der Waals surface area contributed by atoms with Gasteiger partial charge in [-0.3, -0.25) is 19.1 Å². The third-order valence-corrected chi connectivity index (χ3v) is 14.7. The standard InChI is InChI=1S/C40H52N6O9S/c1-39(17-18-39)56(51,52)45-37(49)40-22-25(40)12-8-4-3-5-9-14-30-36(48)46-23-27(21-32(46)34(47)44-40)54-35-29(41-28-16-15-26(53-2)20-31(28)42-35)13-10-6-7-11-24-19-33(24)55-38(50)43-30/h8,12,15-16,20,24-25,27,30,32-33H,3-7,9-11,13-14,17-19,21-23H2,1-2H3,(H,43,50)(H,44,47)(H,45,49)/b12-8-/t24-,25+,27-,30+,32+,33-,40+/m1/s1. The van der Waals surface area contributed by atoms with Gasteiger partial charge in [-0.25, -0.2) is 23.2 Å².